The summed E-state index contributed by atoms with van der Waals surface area (Å²) in [6, 6.07) is 10.0. The number of hydrogen-bond acceptors (Lipinski definition) is 7. The number of nitrogens with zero attached hydrogens (tertiary/aromatic N) is 3. The predicted molar refractivity (Wildman–Crippen MR) is 128 cm³/mol. The summed E-state index contributed by atoms with van der Waals surface area (Å²) in [5.41, 5.74) is 1.62. The molecule has 4 rings (SSSR count). The van der Waals surface area contributed by atoms with Crippen molar-refractivity contribution in [2.45, 2.75) is 4.90 Å². The lowest BCUT2D eigenvalue weighted by Gasteiger charge is -2.34. The molecule has 1 fully saturated rings. The van der Waals surface area contributed by atoms with Crippen molar-refractivity contribution in [2.24, 2.45) is 0 Å². The molecule has 0 atom stereocenters. The molecule has 1 saturated heterocycles. The van der Waals surface area contributed by atoms with Gasteiger partial charge in [-0.3, -0.25) is 0 Å². The Hall–Kier alpha value is -2.04. The van der Waals surface area contributed by atoms with Gasteiger partial charge in [-0.05, 0) is 36.4 Å². The van der Waals surface area contributed by atoms with E-state index in [9.17, 15) is 8.42 Å². The lowest BCUT2D eigenvalue weighted by Crippen LogP contribution is -2.48. The Kier molecular flexibility index (Phi) is 6.83. The number of anilines is 1. The molecular weight excluding hydrogens is 493 g/mol. The lowest BCUT2D eigenvalue weighted by molar-refractivity contribution is 0.385. The van der Waals surface area contributed by atoms with Crippen LogP contribution in [0.5, 0.6) is 11.5 Å². The quantitative estimate of drug-likeness (QED) is 0.477. The van der Waals surface area contributed by atoms with E-state index < -0.39 is 10.0 Å². The molecule has 0 spiro atoms. The highest BCUT2D eigenvalue weighted by molar-refractivity contribution is 7.89. The largest absolute Gasteiger partial charge is 0.497 e. The highest BCUT2D eigenvalue weighted by Gasteiger charge is 2.31. The Bertz CT molecular complexity index is 1230. The molecule has 0 radical (unpaired) electrons. The van der Waals surface area contributed by atoms with Gasteiger partial charge in [0.15, 0.2) is 5.13 Å². The minimum Gasteiger partial charge on any atom is -0.497 e. The summed E-state index contributed by atoms with van der Waals surface area (Å²) in [6.45, 7) is 1.67. The van der Waals surface area contributed by atoms with E-state index in [0.29, 0.717) is 42.7 Å². The Morgan fingerprint density at radius 1 is 1.00 bits per heavy atom. The van der Waals surface area contributed by atoms with E-state index in [1.807, 2.05) is 23.6 Å². The molecule has 170 valence electrons. The highest BCUT2D eigenvalue weighted by atomic mass is 35.5. The van der Waals surface area contributed by atoms with Crippen LogP contribution < -0.4 is 14.4 Å². The number of methoxy groups -OCH3 is 2. The maximum atomic E-state index is 13.0. The number of sulfonamides is 1. The third kappa shape index (κ3) is 4.53. The number of rotatable bonds is 6. The number of aromatic nitrogens is 1. The minimum absolute atomic E-state index is 0.0294. The molecule has 0 bridgehead atoms. The van der Waals surface area contributed by atoms with Gasteiger partial charge in [0.2, 0.25) is 10.0 Å². The lowest BCUT2D eigenvalue weighted by atomic mass is 10.1. The Morgan fingerprint density at radius 2 is 1.75 bits per heavy atom. The standard InChI is InChI=1S/C21H21Cl2N3O4S2/c1-29-15-4-6-19(30-2)16(12-15)18-13-31-21(24-18)25-7-9-26(10-8-25)32(27,28)20-11-14(22)3-5-17(20)23/h3-6,11-13H,7-10H2,1-2H3. The van der Waals surface area contributed by atoms with Gasteiger partial charge < -0.3 is 14.4 Å². The van der Waals surface area contributed by atoms with Crippen LogP contribution in [0.1, 0.15) is 0 Å². The molecule has 11 heteroatoms. The Balaban J connectivity index is 1.50. The van der Waals surface area contributed by atoms with Crippen LogP contribution in [0.4, 0.5) is 5.13 Å². The van der Waals surface area contributed by atoms with Gasteiger partial charge in [0.05, 0.1) is 24.9 Å². The van der Waals surface area contributed by atoms with Crippen molar-refractivity contribution in [3.8, 4) is 22.8 Å². The van der Waals surface area contributed by atoms with Gasteiger partial charge in [-0.2, -0.15) is 4.31 Å². The smallest absolute Gasteiger partial charge is 0.244 e. The first-order chi connectivity index (χ1) is 15.3. The van der Waals surface area contributed by atoms with Crippen molar-refractivity contribution in [3.63, 3.8) is 0 Å². The predicted octanol–water partition coefficient (Wildman–Crippen LogP) is 4.65. The zero-order valence-corrected chi connectivity index (χ0v) is 20.6. The van der Waals surface area contributed by atoms with Crippen LogP contribution in [0.3, 0.4) is 0 Å². The molecule has 2 aromatic carbocycles. The second-order valence-electron chi connectivity index (χ2n) is 7.05. The van der Waals surface area contributed by atoms with Crippen LogP contribution in [0, 0.1) is 0 Å². The molecule has 0 unspecified atom stereocenters. The van der Waals surface area contributed by atoms with Gasteiger partial charge >= 0.3 is 0 Å². The molecule has 1 aliphatic heterocycles. The zero-order chi connectivity index (χ0) is 22.9. The fourth-order valence-electron chi connectivity index (χ4n) is 3.48. The molecule has 1 aliphatic rings. The number of benzene rings is 2. The summed E-state index contributed by atoms with van der Waals surface area (Å²) >= 11 is 13.6. The molecule has 7 nitrogen and oxygen atoms in total. The summed E-state index contributed by atoms with van der Waals surface area (Å²) < 4.78 is 38.3. The Morgan fingerprint density at radius 3 is 2.44 bits per heavy atom. The van der Waals surface area contributed by atoms with Crippen LogP contribution in [0.25, 0.3) is 11.3 Å². The van der Waals surface area contributed by atoms with Crippen LogP contribution in [0.15, 0.2) is 46.7 Å². The minimum atomic E-state index is -3.73. The summed E-state index contributed by atoms with van der Waals surface area (Å²) in [7, 11) is -0.504. The average molecular weight is 514 g/mol. The first kappa shape index (κ1) is 23.1. The monoisotopic (exact) mass is 513 g/mol. The zero-order valence-electron chi connectivity index (χ0n) is 17.4. The number of halogens is 2. The second-order valence-corrected chi connectivity index (χ2v) is 10.6. The van der Waals surface area contributed by atoms with E-state index in [4.69, 9.17) is 37.7 Å². The van der Waals surface area contributed by atoms with Gasteiger partial charge in [0.25, 0.3) is 0 Å². The van der Waals surface area contributed by atoms with Crippen molar-refractivity contribution in [1.29, 1.82) is 0 Å². The van der Waals surface area contributed by atoms with E-state index in [1.165, 1.54) is 27.8 Å². The molecular formula is C21H21Cl2N3O4S2. The summed E-state index contributed by atoms with van der Waals surface area (Å²) in [4.78, 5) is 6.87. The van der Waals surface area contributed by atoms with Gasteiger partial charge in [0, 0.05) is 42.1 Å². The maximum Gasteiger partial charge on any atom is 0.244 e. The molecule has 32 heavy (non-hydrogen) atoms. The van der Waals surface area contributed by atoms with E-state index >= 15 is 0 Å². The normalized spacial score (nSPS) is 15.1. The SMILES string of the molecule is COc1ccc(OC)c(-c2csc(N3CCN(S(=O)(=O)c4cc(Cl)ccc4Cl)CC3)n2)c1. The summed E-state index contributed by atoms with van der Waals surface area (Å²) in [5.74, 6) is 1.42. The number of piperazine rings is 1. The molecule has 0 amide bonds. The van der Waals surface area contributed by atoms with E-state index in [-0.39, 0.29) is 9.92 Å². The molecule has 3 aromatic rings. The number of hydrogen-bond donors (Lipinski definition) is 0. The van der Waals surface area contributed by atoms with Crippen molar-refractivity contribution < 1.29 is 17.9 Å². The van der Waals surface area contributed by atoms with Gasteiger partial charge in [0.1, 0.15) is 16.4 Å². The molecule has 1 aromatic heterocycles. The van der Waals surface area contributed by atoms with Gasteiger partial charge in [-0.1, -0.05) is 23.2 Å². The van der Waals surface area contributed by atoms with Crippen molar-refractivity contribution in [3.05, 3.63) is 51.8 Å². The first-order valence-electron chi connectivity index (χ1n) is 9.71. The van der Waals surface area contributed by atoms with Crippen LogP contribution in [-0.2, 0) is 10.0 Å². The van der Waals surface area contributed by atoms with E-state index in [1.54, 1.807) is 20.3 Å². The third-order valence-electron chi connectivity index (χ3n) is 5.19. The fraction of sp³-hybridized carbons (Fsp3) is 0.286. The highest BCUT2D eigenvalue weighted by Crippen LogP contribution is 2.36. The maximum absolute atomic E-state index is 13.0. The van der Waals surface area contributed by atoms with Crippen LogP contribution in [-0.4, -0.2) is 58.1 Å². The topological polar surface area (TPSA) is 72.0 Å². The van der Waals surface area contributed by atoms with Crippen molar-refractivity contribution in [1.82, 2.24) is 9.29 Å². The number of thiazole rings is 1. The van der Waals surface area contributed by atoms with Crippen molar-refractivity contribution in [2.75, 3.05) is 45.3 Å². The third-order valence-corrected chi connectivity index (χ3v) is 8.71. The Labute approximate surface area is 201 Å². The molecule has 0 saturated carbocycles. The first-order valence-corrected chi connectivity index (χ1v) is 12.8. The van der Waals surface area contributed by atoms with Crippen molar-refractivity contribution >= 4 is 49.7 Å². The van der Waals surface area contributed by atoms with Crippen LogP contribution in [0.2, 0.25) is 10.0 Å². The van der Waals surface area contributed by atoms with E-state index in [2.05, 4.69) is 4.90 Å². The van der Waals surface area contributed by atoms with E-state index in [0.717, 1.165) is 16.4 Å². The van der Waals surface area contributed by atoms with Crippen LogP contribution >= 0.6 is 34.5 Å². The molecule has 0 aliphatic carbocycles. The molecule has 2 heterocycles. The average Bonchev–Trinajstić information content (AvgIpc) is 3.30. The summed E-state index contributed by atoms with van der Waals surface area (Å²) in [6.07, 6.45) is 0. The summed E-state index contributed by atoms with van der Waals surface area (Å²) in [5, 5.41) is 3.27. The van der Waals surface area contributed by atoms with Gasteiger partial charge in [-0.15, -0.1) is 11.3 Å². The fourth-order valence-corrected chi connectivity index (χ4v) is 6.52. The molecule has 0 N–H and O–H groups in total. The number of ether oxygens (including phenoxy) is 2. The second kappa shape index (κ2) is 9.44. The van der Waals surface area contributed by atoms with Gasteiger partial charge in [-0.25, -0.2) is 13.4 Å².